The summed E-state index contributed by atoms with van der Waals surface area (Å²) in [6.45, 7) is 2.53. The summed E-state index contributed by atoms with van der Waals surface area (Å²) in [5.74, 6) is -1.58. The molecule has 16 nitrogen and oxygen atoms in total. The molecule has 0 saturated carbocycles. The van der Waals surface area contributed by atoms with Crippen molar-refractivity contribution in [2.75, 3.05) is 39.6 Å². The Hall–Kier alpha value is -4.05. The second-order valence-electron chi connectivity index (χ2n) is 29.3. The summed E-state index contributed by atoms with van der Waals surface area (Å²) in [7, 11) is -9.79. The predicted molar refractivity (Wildman–Crippen MR) is 454 cm³/mol. The van der Waals surface area contributed by atoms with Crippen molar-refractivity contribution >= 4 is 33.6 Å². The molecule has 0 aliphatic heterocycles. The van der Waals surface area contributed by atoms with Crippen molar-refractivity contribution in [2.45, 2.75) is 399 Å². The molecule has 0 aromatic rings. The van der Waals surface area contributed by atoms with Crippen LogP contribution in [0.3, 0.4) is 0 Å². The minimum Gasteiger partial charge on any atom is -0.463 e. The predicted octanol–water partition coefficient (Wildman–Crippen LogP) is 26.4. The van der Waals surface area contributed by atoms with Crippen molar-refractivity contribution in [3.63, 3.8) is 0 Å². The number of rotatable bonds is 83. The maximum atomic E-state index is 12.9. The maximum absolute atomic E-state index is 12.9. The fourth-order valence-electron chi connectivity index (χ4n) is 12.0. The van der Waals surface area contributed by atoms with Crippen LogP contribution in [0.2, 0.25) is 0 Å². The average molecular weight is 1570 g/mol. The molecule has 5 atom stereocenters. The summed E-state index contributed by atoms with van der Waals surface area (Å²) < 4.78 is 61.2. The topological polar surface area (TPSA) is 231 Å². The zero-order chi connectivity index (χ0) is 79.4. The molecule has 109 heavy (non-hydrogen) atoms. The van der Waals surface area contributed by atoms with E-state index in [2.05, 4.69) is 142 Å². The smallest absolute Gasteiger partial charge is 0.463 e. The third kappa shape index (κ3) is 84.7. The van der Waals surface area contributed by atoms with Gasteiger partial charge in [0.1, 0.15) is 25.4 Å². The lowest BCUT2D eigenvalue weighted by Gasteiger charge is -2.21. The van der Waals surface area contributed by atoms with E-state index in [1.165, 1.54) is 180 Å². The van der Waals surface area contributed by atoms with Crippen molar-refractivity contribution in [3.8, 4) is 0 Å². The average Bonchev–Trinajstić information content (AvgIpc) is 0.903. The molecule has 4 N–H and O–H groups in total. The Morgan fingerprint density at radius 1 is 0.266 bits per heavy atom. The Morgan fingerprint density at radius 3 is 0.807 bits per heavy atom. The standard InChI is InChI=1S/C91H160O16P2/c1-4-7-10-13-16-19-22-24-26-28-30-32-34-36-38-39-40-41-42-43-44-45-47-49-50-52-54-56-58-60-63-65-68-71-74-77-89(94)101-80-86(92)81-103-108(97,98)104-82-87(93)83-105-109(99,100)106-85-88(107-91(96)79-76-73-70-67-62-21-18-15-12-9-6-3)84-102-90(95)78-75-72-69-66-64-61-59-57-55-53-51-48-46-37-35-33-31-29-27-25-23-20-17-14-11-8-5-2/h7,10,15-20,24-27,30-33,36-38,46,86-88,92-93H,4-6,8-9,11-14,21-23,28-29,34-35,39-45,47-85H2,1-3H3,(H,97,98)(H,99,100)/b10-7-,18-15-,19-16-,20-17-,26-24-,27-25-,32-30-,33-31-,38-36-,46-37-. The van der Waals surface area contributed by atoms with E-state index in [0.717, 1.165) is 141 Å². The van der Waals surface area contributed by atoms with Gasteiger partial charge in [0.05, 0.1) is 26.4 Å². The normalized spacial score (nSPS) is 14.4. The van der Waals surface area contributed by atoms with E-state index in [0.29, 0.717) is 19.3 Å². The van der Waals surface area contributed by atoms with Gasteiger partial charge >= 0.3 is 33.6 Å². The number of aliphatic hydroxyl groups is 2. The molecule has 0 bridgehead atoms. The molecule has 0 spiro atoms. The minimum atomic E-state index is -4.93. The van der Waals surface area contributed by atoms with Crippen LogP contribution in [0.1, 0.15) is 380 Å². The van der Waals surface area contributed by atoms with E-state index >= 15 is 0 Å². The van der Waals surface area contributed by atoms with Crippen LogP contribution in [0, 0.1) is 0 Å². The first-order valence-electron chi connectivity index (χ1n) is 43.8. The maximum Gasteiger partial charge on any atom is 0.472 e. The molecule has 630 valence electrons. The molecule has 0 amide bonds. The molecule has 0 aromatic heterocycles. The molecule has 0 aromatic carbocycles. The second-order valence-corrected chi connectivity index (χ2v) is 32.2. The van der Waals surface area contributed by atoms with Gasteiger partial charge < -0.3 is 34.2 Å². The van der Waals surface area contributed by atoms with Crippen LogP contribution in [0.15, 0.2) is 122 Å². The van der Waals surface area contributed by atoms with E-state index in [1.54, 1.807) is 0 Å². The fourth-order valence-corrected chi connectivity index (χ4v) is 13.6. The number of aliphatic hydroxyl groups excluding tert-OH is 2. The van der Waals surface area contributed by atoms with E-state index in [1.807, 2.05) is 0 Å². The lowest BCUT2D eigenvalue weighted by atomic mass is 10.0. The highest BCUT2D eigenvalue weighted by Crippen LogP contribution is 2.45. The number of phosphoric ester groups is 2. The molecule has 0 rings (SSSR count). The van der Waals surface area contributed by atoms with Crippen molar-refractivity contribution in [1.29, 1.82) is 0 Å². The highest BCUT2D eigenvalue weighted by molar-refractivity contribution is 7.47. The van der Waals surface area contributed by atoms with E-state index in [9.17, 15) is 43.5 Å². The monoisotopic (exact) mass is 1570 g/mol. The van der Waals surface area contributed by atoms with Gasteiger partial charge in [-0.25, -0.2) is 9.13 Å². The van der Waals surface area contributed by atoms with Crippen molar-refractivity contribution in [2.24, 2.45) is 0 Å². The molecule has 0 saturated heterocycles. The number of carbonyl (C=O) groups is 3. The summed E-state index contributed by atoms with van der Waals surface area (Å²) in [5.41, 5.74) is 0. The van der Waals surface area contributed by atoms with Crippen LogP contribution in [-0.2, 0) is 55.8 Å². The van der Waals surface area contributed by atoms with Crippen LogP contribution >= 0.6 is 15.6 Å². The fraction of sp³-hybridized carbons (Fsp3) is 0.747. The van der Waals surface area contributed by atoms with Gasteiger partial charge in [0.2, 0.25) is 0 Å². The summed E-state index contributed by atoms with van der Waals surface area (Å²) >= 11 is 0. The van der Waals surface area contributed by atoms with Crippen LogP contribution in [0.25, 0.3) is 0 Å². The Kier molecular flexibility index (Phi) is 80.3. The SMILES string of the molecule is CC/C=C\C/C=C\C/C=C\C/C=C\C/C=C\CCCCCCCCCCCCCCCCCCCCCC(=O)OCC(O)COP(=O)(O)OCC(O)COP(=O)(O)OCC(COC(=O)CCCCCCCCCCCCC/C=C\C/C=C\C/C=C\C/C=C\CCCCC)OC(=O)CCCCCCC/C=C\CCCC. The summed E-state index contributed by atoms with van der Waals surface area (Å²) in [5, 5.41) is 20.7. The number of ether oxygens (including phenoxy) is 3. The zero-order valence-electron chi connectivity index (χ0n) is 69.2. The van der Waals surface area contributed by atoms with E-state index < -0.39 is 91.5 Å². The lowest BCUT2D eigenvalue weighted by molar-refractivity contribution is -0.161. The first-order chi connectivity index (χ1) is 53.2. The molecule has 5 unspecified atom stereocenters. The lowest BCUT2D eigenvalue weighted by Crippen LogP contribution is -2.30. The molecule has 18 heteroatoms. The van der Waals surface area contributed by atoms with Gasteiger partial charge in [-0.1, -0.05) is 354 Å². The highest BCUT2D eigenvalue weighted by atomic mass is 31.2. The van der Waals surface area contributed by atoms with Gasteiger partial charge in [0.15, 0.2) is 6.10 Å². The van der Waals surface area contributed by atoms with Crippen LogP contribution in [0.4, 0.5) is 0 Å². The molecule has 0 aliphatic carbocycles. The highest BCUT2D eigenvalue weighted by Gasteiger charge is 2.29. The third-order valence-corrected chi connectivity index (χ3v) is 20.5. The van der Waals surface area contributed by atoms with Gasteiger partial charge in [0, 0.05) is 19.3 Å². The largest absolute Gasteiger partial charge is 0.472 e. The second kappa shape index (κ2) is 83.4. The van der Waals surface area contributed by atoms with Crippen LogP contribution < -0.4 is 0 Å². The van der Waals surface area contributed by atoms with Gasteiger partial charge in [-0.05, 0) is 128 Å². The Balaban J connectivity index is 4.33. The molecule has 0 fully saturated rings. The molecular formula is C91H160O16P2. The van der Waals surface area contributed by atoms with Crippen LogP contribution in [-0.4, -0.2) is 95.9 Å². The molecule has 0 heterocycles. The number of phosphoric acid groups is 2. The van der Waals surface area contributed by atoms with Gasteiger partial charge in [-0.15, -0.1) is 0 Å². The Labute approximate surface area is 665 Å². The van der Waals surface area contributed by atoms with Crippen molar-refractivity contribution < 1.29 is 75.8 Å². The first-order valence-corrected chi connectivity index (χ1v) is 46.8. The number of hydrogen-bond acceptors (Lipinski definition) is 14. The number of carbonyl (C=O) groups excluding carboxylic acids is 3. The summed E-state index contributed by atoms with van der Waals surface area (Å²) in [6.07, 6.45) is 101. The van der Waals surface area contributed by atoms with Crippen molar-refractivity contribution in [3.05, 3.63) is 122 Å². The molecule has 0 radical (unpaired) electrons. The third-order valence-electron chi connectivity index (χ3n) is 18.6. The number of esters is 3. The Morgan fingerprint density at radius 2 is 0.495 bits per heavy atom. The van der Waals surface area contributed by atoms with Gasteiger partial charge in [-0.2, -0.15) is 0 Å². The number of unbranched alkanes of at least 4 members (excludes halogenated alkanes) is 40. The zero-order valence-corrected chi connectivity index (χ0v) is 71.0. The van der Waals surface area contributed by atoms with Gasteiger partial charge in [0.25, 0.3) is 0 Å². The van der Waals surface area contributed by atoms with Gasteiger partial charge in [-0.3, -0.25) is 32.5 Å². The summed E-state index contributed by atoms with van der Waals surface area (Å²) in [4.78, 5) is 58.7. The quantitative estimate of drug-likeness (QED) is 0.0146. The number of hydrogen-bond donors (Lipinski definition) is 4. The van der Waals surface area contributed by atoms with E-state index in [4.69, 9.17) is 32.3 Å². The minimum absolute atomic E-state index is 0.0938. The first kappa shape index (κ1) is 105. The van der Waals surface area contributed by atoms with Crippen LogP contribution in [0.5, 0.6) is 0 Å². The Bertz CT molecular complexity index is 2460. The molecular weight excluding hydrogens is 1410 g/mol. The van der Waals surface area contributed by atoms with Crippen molar-refractivity contribution in [1.82, 2.24) is 0 Å². The summed E-state index contributed by atoms with van der Waals surface area (Å²) in [6, 6.07) is 0. The van der Waals surface area contributed by atoms with E-state index in [-0.39, 0.29) is 19.3 Å². The number of allylic oxidation sites excluding steroid dienone is 20. The molecule has 0 aliphatic rings.